The molecule has 0 aromatic carbocycles. The van der Waals surface area contributed by atoms with Gasteiger partial charge in [0.1, 0.15) is 6.61 Å². The number of nitrogens with zero attached hydrogens (tertiary/aromatic N) is 1. The lowest BCUT2D eigenvalue weighted by atomic mass is 10.2. The summed E-state index contributed by atoms with van der Waals surface area (Å²) in [5.74, 6) is 0. The Hall–Kier alpha value is -0.810. The highest BCUT2D eigenvalue weighted by molar-refractivity contribution is 5.68. The molecule has 1 saturated heterocycles. The van der Waals surface area contributed by atoms with Crippen molar-refractivity contribution in [1.29, 1.82) is 0 Å². The summed E-state index contributed by atoms with van der Waals surface area (Å²) < 4.78 is 9.82. The molecule has 0 radical (unpaired) electrons. The Kier molecular flexibility index (Phi) is 4.69. The summed E-state index contributed by atoms with van der Waals surface area (Å²) in [4.78, 5) is 13.2. The fraction of sp³-hybridized carbons (Fsp3) is 0.889. The second-order valence-electron chi connectivity index (χ2n) is 3.35. The van der Waals surface area contributed by atoms with E-state index in [0.29, 0.717) is 19.8 Å². The van der Waals surface area contributed by atoms with Crippen LogP contribution in [-0.4, -0.2) is 57.0 Å². The first kappa shape index (κ1) is 11.3. The maximum atomic E-state index is 11.5. The number of ether oxygens (including phenoxy) is 2. The van der Waals surface area contributed by atoms with E-state index in [1.807, 2.05) is 6.92 Å². The average Bonchev–Trinajstić information content (AvgIpc) is 2.18. The van der Waals surface area contributed by atoms with E-state index >= 15 is 0 Å². The lowest BCUT2D eigenvalue weighted by Gasteiger charge is -2.32. The van der Waals surface area contributed by atoms with E-state index in [4.69, 9.17) is 9.47 Å². The van der Waals surface area contributed by atoms with E-state index in [-0.39, 0.29) is 12.1 Å². The maximum Gasteiger partial charge on any atom is 0.410 e. The molecule has 1 aliphatic heterocycles. The number of piperazine rings is 1. The van der Waals surface area contributed by atoms with Crippen LogP contribution < -0.4 is 5.32 Å². The smallest absolute Gasteiger partial charge is 0.410 e. The van der Waals surface area contributed by atoms with Crippen molar-refractivity contribution in [3.05, 3.63) is 0 Å². The van der Waals surface area contributed by atoms with E-state index in [0.717, 1.165) is 13.1 Å². The molecule has 0 saturated carbocycles. The minimum absolute atomic E-state index is 0.207. The summed E-state index contributed by atoms with van der Waals surface area (Å²) in [7, 11) is 1.58. The summed E-state index contributed by atoms with van der Waals surface area (Å²) in [6.45, 7) is 5.16. The molecule has 1 atom stereocenters. The van der Waals surface area contributed by atoms with Crippen LogP contribution in [0.5, 0.6) is 0 Å². The third-order valence-electron chi connectivity index (χ3n) is 2.25. The van der Waals surface area contributed by atoms with E-state index in [9.17, 15) is 4.79 Å². The van der Waals surface area contributed by atoms with Gasteiger partial charge in [-0.25, -0.2) is 4.79 Å². The van der Waals surface area contributed by atoms with Crippen LogP contribution in [-0.2, 0) is 9.47 Å². The number of carbonyl (C=O) groups is 1. The largest absolute Gasteiger partial charge is 0.447 e. The van der Waals surface area contributed by atoms with Gasteiger partial charge < -0.3 is 19.7 Å². The predicted molar refractivity (Wildman–Crippen MR) is 52.3 cm³/mol. The highest BCUT2D eigenvalue weighted by Crippen LogP contribution is 2.04. The van der Waals surface area contributed by atoms with E-state index in [1.54, 1.807) is 12.0 Å². The van der Waals surface area contributed by atoms with Crippen molar-refractivity contribution < 1.29 is 14.3 Å². The number of methoxy groups -OCH3 is 1. The molecule has 1 aliphatic rings. The molecule has 0 aromatic rings. The first-order valence-corrected chi connectivity index (χ1v) is 4.88. The van der Waals surface area contributed by atoms with Crippen LogP contribution >= 0.6 is 0 Å². The first-order chi connectivity index (χ1) is 6.75. The second-order valence-corrected chi connectivity index (χ2v) is 3.35. The third kappa shape index (κ3) is 3.16. The van der Waals surface area contributed by atoms with Gasteiger partial charge in [-0.1, -0.05) is 0 Å². The molecule has 1 rings (SSSR count). The molecule has 1 fully saturated rings. The lowest BCUT2D eigenvalue weighted by molar-refractivity contribution is 0.0581. The number of rotatable bonds is 3. The Balaban J connectivity index is 2.27. The Labute approximate surface area is 84.4 Å². The summed E-state index contributed by atoms with van der Waals surface area (Å²) in [5.41, 5.74) is 0. The molecule has 0 unspecified atom stereocenters. The predicted octanol–water partition coefficient (Wildman–Crippen LogP) is 0.0631. The number of hydrogen-bond donors (Lipinski definition) is 1. The van der Waals surface area contributed by atoms with Gasteiger partial charge in [0.2, 0.25) is 0 Å². The minimum Gasteiger partial charge on any atom is -0.447 e. The quantitative estimate of drug-likeness (QED) is 0.658. The van der Waals surface area contributed by atoms with Gasteiger partial charge in [-0.05, 0) is 6.92 Å². The first-order valence-electron chi connectivity index (χ1n) is 4.88. The van der Waals surface area contributed by atoms with Gasteiger partial charge in [-0.2, -0.15) is 0 Å². The van der Waals surface area contributed by atoms with Crippen molar-refractivity contribution in [3.63, 3.8) is 0 Å². The molecule has 5 heteroatoms. The number of carbonyl (C=O) groups excluding carboxylic acids is 1. The van der Waals surface area contributed by atoms with Gasteiger partial charge in [-0.3, -0.25) is 0 Å². The molecule has 14 heavy (non-hydrogen) atoms. The van der Waals surface area contributed by atoms with Crippen LogP contribution in [0.4, 0.5) is 4.79 Å². The van der Waals surface area contributed by atoms with Crippen molar-refractivity contribution in [3.8, 4) is 0 Å². The topological polar surface area (TPSA) is 50.8 Å². The van der Waals surface area contributed by atoms with Crippen LogP contribution in [0.25, 0.3) is 0 Å². The number of nitrogens with one attached hydrogen (secondary N) is 1. The zero-order chi connectivity index (χ0) is 10.4. The summed E-state index contributed by atoms with van der Waals surface area (Å²) in [5, 5.41) is 3.21. The number of amides is 1. The summed E-state index contributed by atoms with van der Waals surface area (Å²) in [6.07, 6.45) is -0.240. The van der Waals surface area contributed by atoms with Crippen LogP contribution in [0.1, 0.15) is 6.92 Å². The van der Waals surface area contributed by atoms with Gasteiger partial charge >= 0.3 is 6.09 Å². The van der Waals surface area contributed by atoms with E-state index < -0.39 is 0 Å². The van der Waals surface area contributed by atoms with Gasteiger partial charge in [0.05, 0.1) is 6.61 Å². The molecule has 1 N–H and O–H groups in total. The Morgan fingerprint density at radius 2 is 2.36 bits per heavy atom. The molecule has 0 spiro atoms. The monoisotopic (exact) mass is 202 g/mol. The zero-order valence-corrected chi connectivity index (χ0v) is 8.78. The lowest BCUT2D eigenvalue weighted by Crippen LogP contribution is -2.52. The molecular formula is C9H18N2O3. The van der Waals surface area contributed by atoms with Crippen molar-refractivity contribution in [1.82, 2.24) is 10.2 Å². The van der Waals surface area contributed by atoms with Gasteiger partial charge in [-0.15, -0.1) is 0 Å². The van der Waals surface area contributed by atoms with Crippen LogP contribution in [0.2, 0.25) is 0 Å². The Bertz CT molecular complexity index is 187. The highest BCUT2D eigenvalue weighted by Gasteiger charge is 2.23. The molecule has 0 aliphatic carbocycles. The Morgan fingerprint density at radius 3 is 3.00 bits per heavy atom. The molecule has 5 nitrogen and oxygen atoms in total. The molecule has 0 bridgehead atoms. The van der Waals surface area contributed by atoms with Gasteiger partial charge in [0, 0.05) is 32.8 Å². The third-order valence-corrected chi connectivity index (χ3v) is 2.25. The van der Waals surface area contributed by atoms with Crippen molar-refractivity contribution in [2.75, 3.05) is 40.0 Å². The van der Waals surface area contributed by atoms with Crippen LogP contribution in [0.15, 0.2) is 0 Å². The number of hydrogen-bond acceptors (Lipinski definition) is 4. The van der Waals surface area contributed by atoms with Crippen molar-refractivity contribution in [2.24, 2.45) is 0 Å². The molecular weight excluding hydrogens is 184 g/mol. The van der Waals surface area contributed by atoms with Crippen molar-refractivity contribution in [2.45, 2.75) is 13.0 Å². The van der Waals surface area contributed by atoms with E-state index in [2.05, 4.69) is 5.32 Å². The zero-order valence-electron chi connectivity index (χ0n) is 8.78. The molecule has 82 valence electrons. The summed E-state index contributed by atoms with van der Waals surface area (Å²) >= 11 is 0. The van der Waals surface area contributed by atoms with Crippen molar-refractivity contribution >= 4 is 6.09 Å². The molecule has 1 amide bonds. The Morgan fingerprint density at radius 1 is 1.57 bits per heavy atom. The maximum absolute atomic E-state index is 11.5. The van der Waals surface area contributed by atoms with E-state index in [1.165, 1.54) is 0 Å². The molecule has 1 heterocycles. The average molecular weight is 202 g/mol. The van der Waals surface area contributed by atoms with Gasteiger partial charge in [0.15, 0.2) is 0 Å². The van der Waals surface area contributed by atoms with Crippen LogP contribution in [0, 0.1) is 0 Å². The fourth-order valence-electron chi connectivity index (χ4n) is 1.41. The molecule has 0 aromatic heterocycles. The SMILES string of the molecule is COCCOC(=O)N1CCNC[C@H]1C. The normalized spacial score (nSPS) is 22.1. The highest BCUT2D eigenvalue weighted by atomic mass is 16.6. The second kappa shape index (κ2) is 5.82. The standard InChI is InChI=1S/C9H18N2O3/c1-8-7-10-3-4-11(8)9(12)14-6-5-13-2/h8,10H,3-7H2,1-2H3/t8-/m1/s1. The van der Waals surface area contributed by atoms with Crippen LogP contribution in [0.3, 0.4) is 0 Å². The summed E-state index contributed by atoms with van der Waals surface area (Å²) in [6, 6.07) is 0.207. The minimum atomic E-state index is -0.240. The fourth-order valence-corrected chi connectivity index (χ4v) is 1.41. The van der Waals surface area contributed by atoms with Gasteiger partial charge in [0.25, 0.3) is 0 Å².